The van der Waals surface area contributed by atoms with Crippen LogP contribution >= 0.6 is 0 Å². The predicted molar refractivity (Wildman–Crippen MR) is 53.4 cm³/mol. The van der Waals surface area contributed by atoms with E-state index in [1.54, 1.807) is 36.3 Å². The van der Waals surface area contributed by atoms with Crippen LogP contribution in [0.5, 0.6) is 0 Å². The van der Waals surface area contributed by atoms with E-state index in [1.165, 1.54) is 6.07 Å². The van der Waals surface area contributed by atoms with Crippen molar-refractivity contribution in [2.45, 2.75) is 0 Å². The van der Waals surface area contributed by atoms with Crippen molar-refractivity contribution in [3.63, 3.8) is 0 Å². The third-order valence-corrected chi connectivity index (χ3v) is 2.10. The van der Waals surface area contributed by atoms with Gasteiger partial charge in [-0.2, -0.15) is 5.10 Å². The molecule has 0 unspecified atom stereocenters. The van der Waals surface area contributed by atoms with Crippen LogP contribution in [-0.2, 0) is 7.05 Å². The molecule has 0 atom stereocenters. The minimum atomic E-state index is -0.987. The van der Waals surface area contributed by atoms with E-state index in [0.717, 1.165) is 0 Å². The monoisotopic (exact) mass is 203 g/mol. The summed E-state index contributed by atoms with van der Waals surface area (Å²) >= 11 is 0. The number of hydrogen-bond acceptors (Lipinski definition) is 3. The van der Waals surface area contributed by atoms with Crippen LogP contribution in [0, 0.1) is 0 Å². The van der Waals surface area contributed by atoms with Crippen molar-refractivity contribution in [1.29, 1.82) is 0 Å². The van der Waals surface area contributed by atoms with Crippen LogP contribution in [0.15, 0.2) is 30.6 Å². The second-order valence-corrected chi connectivity index (χ2v) is 3.04. The molecule has 76 valence electrons. The van der Waals surface area contributed by atoms with E-state index in [9.17, 15) is 4.79 Å². The van der Waals surface area contributed by atoms with Gasteiger partial charge in [0.2, 0.25) is 0 Å². The molecule has 0 aromatic carbocycles. The minimum absolute atomic E-state index is 0.182. The average molecular weight is 203 g/mol. The van der Waals surface area contributed by atoms with Crippen LogP contribution in [0.3, 0.4) is 0 Å². The smallest absolute Gasteiger partial charge is 0.337 e. The summed E-state index contributed by atoms with van der Waals surface area (Å²) in [6.45, 7) is 0. The lowest BCUT2D eigenvalue weighted by Gasteiger charge is -2.04. The Labute approximate surface area is 86.0 Å². The quantitative estimate of drug-likeness (QED) is 0.795. The van der Waals surface area contributed by atoms with Gasteiger partial charge < -0.3 is 5.11 Å². The summed E-state index contributed by atoms with van der Waals surface area (Å²) in [7, 11) is 1.75. The molecule has 2 aromatic heterocycles. The SMILES string of the molecule is Cn1nccc1-c1ncccc1C(=O)O. The Hall–Kier alpha value is -2.17. The number of carboxylic acid groups (broad SMARTS) is 1. The maximum Gasteiger partial charge on any atom is 0.337 e. The zero-order valence-electron chi connectivity index (χ0n) is 8.08. The predicted octanol–water partition coefficient (Wildman–Crippen LogP) is 1.18. The molecule has 15 heavy (non-hydrogen) atoms. The molecular weight excluding hydrogens is 194 g/mol. The lowest BCUT2D eigenvalue weighted by atomic mass is 10.1. The van der Waals surface area contributed by atoms with Gasteiger partial charge in [-0.25, -0.2) is 4.79 Å². The van der Waals surface area contributed by atoms with Gasteiger partial charge in [-0.05, 0) is 18.2 Å². The van der Waals surface area contributed by atoms with Gasteiger partial charge in [0.1, 0.15) is 5.69 Å². The van der Waals surface area contributed by atoms with Gasteiger partial charge in [0.15, 0.2) is 0 Å². The van der Waals surface area contributed by atoms with Gasteiger partial charge in [0.25, 0.3) is 0 Å². The lowest BCUT2D eigenvalue weighted by Crippen LogP contribution is -2.04. The van der Waals surface area contributed by atoms with Gasteiger partial charge in [-0.1, -0.05) is 0 Å². The van der Waals surface area contributed by atoms with E-state index >= 15 is 0 Å². The molecule has 0 amide bonds. The minimum Gasteiger partial charge on any atom is -0.478 e. The highest BCUT2D eigenvalue weighted by Gasteiger charge is 2.14. The summed E-state index contributed by atoms with van der Waals surface area (Å²) in [6, 6.07) is 4.86. The van der Waals surface area contributed by atoms with Crippen LogP contribution in [-0.4, -0.2) is 25.8 Å². The molecule has 2 aromatic rings. The second-order valence-electron chi connectivity index (χ2n) is 3.04. The molecule has 0 spiro atoms. The topological polar surface area (TPSA) is 68.0 Å². The molecule has 0 saturated heterocycles. The summed E-state index contributed by atoms with van der Waals surface area (Å²) < 4.78 is 1.59. The lowest BCUT2D eigenvalue weighted by molar-refractivity contribution is 0.0697. The van der Waals surface area contributed by atoms with Gasteiger partial charge in [-0.15, -0.1) is 0 Å². The highest BCUT2D eigenvalue weighted by Crippen LogP contribution is 2.19. The van der Waals surface area contributed by atoms with Crippen molar-refractivity contribution in [3.8, 4) is 11.4 Å². The van der Waals surface area contributed by atoms with Gasteiger partial charge in [-0.3, -0.25) is 9.67 Å². The van der Waals surface area contributed by atoms with Gasteiger partial charge in [0, 0.05) is 19.4 Å². The fraction of sp³-hybridized carbons (Fsp3) is 0.100. The highest BCUT2D eigenvalue weighted by molar-refractivity contribution is 5.94. The molecule has 0 radical (unpaired) electrons. The largest absolute Gasteiger partial charge is 0.478 e. The molecule has 0 aliphatic heterocycles. The molecule has 0 saturated carbocycles. The molecule has 0 aliphatic rings. The third-order valence-electron chi connectivity index (χ3n) is 2.10. The van der Waals surface area contributed by atoms with Crippen LogP contribution in [0.1, 0.15) is 10.4 Å². The average Bonchev–Trinajstić information content (AvgIpc) is 2.64. The zero-order valence-corrected chi connectivity index (χ0v) is 8.08. The number of hydrogen-bond donors (Lipinski definition) is 1. The van der Waals surface area contributed by atoms with E-state index in [1.807, 2.05) is 0 Å². The van der Waals surface area contributed by atoms with Gasteiger partial charge >= 0.3 is 5.97 Å². The first-order valence-electron chi connectivity index (χ1n) is 4.37. The Morgan fingerprint density at radius 3 is 2.80 bits per heavy atom. The Bertz CT molecular complexity index is 505. The van der Waals surface area contributed by atoms with Crippen molar-refractivity contribution in [2.75, 3.05) is 0 Å². The molecule has 0 aliphatic carbocycles. The first-order chi connectivity index (χ1) is 7.20. The van der Waals surface area contributed by atoms with Crippen molar-refractivity contribution in [1.82, 2.24) is 14.8 Å². The molecule has 2 heterocycles. The standard InChI is InChI=1S/C10H9N3O2/c1-13-8(4-6-12-13)9-7(10(14)15)3-2-5-11-9/h2-6H,1H3,(H,14,15). The van der Waals surface area contributed by atoms with Crippen molar-refractivity contribution < 1.29 is 9.90 Å². The summed E-state index contributed by atoms with van der Waals surface area (Å²) in [5.41, 5.74) is 1.30. The molecule has 5 nitrogen and oxygen atoms in total. The fourth-order valence-electron chi connectivity index (χ4n) is 1.39. The van der Waals surface area contributed by atoms with Crippen LogP contribution in [0.2, 0.25) is 0 Å². The first-order valence-corrected chi connectivity index (χ1v) is 4.37. The van der Waals surface area contributed by atoms with E-state index in [-0.39, 0.29) is 5.56 Å². The van der Waals surface area contributed by atoms with Crippen molar-refractivity contribution in [2.24, 2.45) is 7.05 Å². The van der Waals surface area contributed by atoms with Crippen LogP contribution < -0.4 is 0 Å². The molecular formula is C10H9N3O2. The Kier molecular flexibility index (Phi) is 2.21. The van der Waals surface area contributed by atoms with E-state index < -0.39 is 5.97 Å². The molecule has 0 bridgehead atoms. The van der Waals surface area contributed by atoms with E-state index in [4.69, 9.17) is 5.11 Å². The molecule has 0 fully saturated rings. The van der Waals surface area contributed by atoms with Crippen molar-refractivity contribution in [3.05, 3.63) is 36.2 Å². The maximum absolute atomic E-state index is 11.0. The first kappa shape index (κ1) is 9.39. The summed E-state index contributed by atoms with van der Waals surface area (Å²) in [5, 5.41) is 13.0. The third kappa shape index (κ3) is 1.59. The number of aryl methyl sites for hydroxylation is 1. The molecule has 5 heteroatoms. The van der Waals surface area contributed by atoms with Crippen molar-refractivity contribution >= 4 is 5.97 Å². The number of nitrogens with zero attached hydrogens (tertiary/aromatic N) is 3. The van der Waals surface area contributed by atoms with Gasteiger partial charge in [0.05, 0.1) is 11.3 Å². The number of carboxylic acids is 1. The second kappa shape index (κ2) is 3.53. The number of aromatic carboxylic acids is 1. The number of aromatic nitrogens is 3. The zero-order chi connectivity index (χ0) is 10.8. The Morgan fingerprint density at radius 2 is 2.20 bits per heavy atom. The molecule has 1 N–H and O–H groups in total. The van der Waals surface area contributed by atoms with Crippen LogP contribution in [0.25, 0.3) is 11.4 Å². The summed E-state index contributed by atoms with van der Waals surface area (Å²) in [4.78, 5) is 15.0. The fourth-order valence-corrected chi connectivity index (χ4v) is 1.39. The van der Waals surface area contributed by atoms with E-state index in [2.05, 4.69) is 10.1 Å². The normalized spacial score (nSPS) is 10.2. The number of pyridine rings is 1. The summed E-state index contributed by atoms with van der Waals surface area (Å²) in [6.07, 6.45) is 3.17. The molecule has 2 rings (SSSR count). The highest BCUT2D eigenvalue weighted by atomic mass is 16.4. The summed E-state index contributed by atoms with van der Waals surface area (Å²) in [5.74, 6) is -0.987. The number of rotatable bonds is 2. The Balaban J connectivity index is 2.63. The van der Waals surface area contributed by atoms with Crippen LogP contribution in [0.4, 0.5) is 0 Å². The Morgan fingerprint density at radius 1 is 1.40 bits per heavy atom. The maximum atomic E-state index is 11.0. The number of carbonyl (C=O) groups is 1. The van der Waals surface area contributed by atoms with E-state index in [0.29, 0.717) is 11.4 Å².